The van der Waals surface area contributed by atoms with Gasteiger partial charge in [0.25, 0.3) is 0 Å². The van der Waals surface area contributed by atoms with Gasteiger partial charge in [0.05, 0.1) is 21.3 Å². The van der Waals surface area contributed by atoms with E-state index in [4.69, 9.17) is 33.5 Å². The topological polar surface area (TPSA) is 27.7 Å². The molecule has 1 rings (SSSR count). The Bertz CT molecular complexity index is 485. The summed E-state index contributed by atoms with van der Waals surface area (Å²) >= 11 is 0. The Morgan fingerprint density at radius 2 is 0.833 bits per heavy atom. The van der Waals surface area contributed by atoms with Crippen LogP contribution in [-0.2, 0) is 0 Å². The largest absolute Gasteiger partial charge is 0.494 e. The number of hydrogen-bond donors (Lipinski definition) is 0. The number of methoxy groups -OCH3 is 3. The highest BCUT2D eigenvalue weighted by molar-refractivity contribution is 5.74. The molecule has 0 aliphatic heterocycles. The molecule has 0 amide bonds. The molecule has 0 fully saturated rings. The van der Waals surface area contributed by atoms with Crippen molar-refractivity contribution in [2.24, 2.45) is 0 Å². The van der Waals surface area contributed by atoms with E-state index in [2.05, 4.69) is 17.8 Å². The Kier molecular flexibility index (Phi) is 4.14. The van der Waals surface area contributed by atoms with E-state index in [0.29, 0.717) is 33.9 Å². The second-order valence-electron chi connectivity index (χ2n) is 3.16. The van der Waals surface area contributed by atoms with Crippen molar-refractivity contribution < 1.29 is 14.2 Å². The highest BCUT2D eigenvalue weighted by atomic mass is 16.5. The van der Waals surface area contributed by atoms with Crippen LogP contribution in [-0.4, -0.2) is 21.3 Å². The van der Waals surface area contributed by atoms with Crippen LogP contribution >= 0.6 is 0 Å². The van der Waals surface area contributed by atoms with Crippen molar-refractivity contribution >= 4 is 0 Å². The van der Waals surface area contributed by atoms with E-state index in [-0.39, 0.29) is 0 Å². The molecule has 0 heterocycles. The Morgan fingerprint density at radius 3 is 0.944 bits per heavy atom. The van der Waals surface area contributed by atoms with E-state index < -0.39 is 0 Å². The molecule has 3 heteroatoms. The summed E-state index contributed by atoms with van der Waals surface area (Å²) in [5.41, 5.74) is 1.13. The molecule has 0 atom stereocenters. The van der Waals surface area contributed by atoms with Crippen LogP contribution in [0.4, 0.5) is 0 Å². The van der Waals surface area contributed by atoms with Crippen LogP contribution in [0.15, 0.2) is 0 Å². The van der Waals surface area contributed by atoms with E-state index >= 15 is 0 Å². The Balaban J connectivity index is 3.95. The maximum absolute atomic E-state index is 5.45. The van der Waals surface area contributed by atoms with Crippen LogP contribution in [0.3, 0.4) is 0 Å². The summed E-state index contributed by atoms with van der Waals surface area (Å²) in [4.78, 5) is 0. The van der Waals surface area contributed by atoms with Gasteiger partial charge in [0.2, 0.25) is 0 Å². The Morgan fingerprint density at radius 1 is 0.611 bits per heavy atom. The normalized spacial score (nSPS) is 8.67. The lowest BCUT2D eigenvalue weighted by atomic mass is 10.0. The molecule has 18 heavy (non-hydrogen) atoms. The third-order valence-corrected chi connectivity index (χ3v) is 2.41. The van der Waals surface area contributed by atoms with E-state index in [9.17, 15) is 0 Å². The molecule has 0 N–H and O–H groups in total. The van der Waals surface area contributed by atoms with Gasteiger partial charge in [0.15, 0.2) is 17.2 Å². The van der Waals surface area contributed by atoms with Gasteiger partial charge in [-0.2, -0.15) is 0 Å². The highest BCUT2D eigenvalue weighted by Gasteiger charge is 2.23. The molecule has 0 aliphatic carbocycles. The summed E-state index contributed by atoms with van der Waals surface area (Å²) in [7, 11) is 4.39. The molecular formula is C15H12O3. The fourth-order valence-electron chi connectivity index (χ4n) is 1.69. The van der Waals surface area contributed by atoms with Crippen LogP contribution < -0.4 is 14.2 Å². The molecule has 0 radical (unpaired) electrons. The summed E-state index contributed by atoms with van der Waals surface area (Å²) in [5, 5.41) is 0. The van der Waals surface area contributed by atoms with Crippen molar-refractivity contribution in [3.63, 3.8) is 0 Å². The molecule has 0 aromatic heterocycles. The predicted molar refractivity (Wildman–Crippen MR) is 69.9 cm³/mol. The van der Waals surface area contributed by atoms with Crippen molar-refractivity contribution in [3.05, 3.63) is 16.7 Å². The second-order valence-corrected chi connectivity index (χ2v) is 3.16. The molecule has 0 saturated heterocycles. The van der Waals surface area contributed by atoms with Gasteiger partial charge in [-0.05, 0) is 0 Å². The molecule has 0 spiro atoms. The monoisotopic (exact) mass is 240 g/mol. The van der Waals surface area contributed by atoms with Gasteiger partial charge in [-0.1, -0.05) is 17.8 Å². The second kappa shape index (κ2) is 5.58. The first-order chi connectivity index (χ1) is 8.69. The van der Waals surface area contributed by atoms with E-state index in [0.717, 1.165) is 0 Å². The quantitative estimate of drug-likeness (QED) is 0.752. The zero-order valence-electron chi connectivity index (χ0n) is 10.5. The fraction of sp³-hybridized carbons (Fsp3) is 0.200. The molecule has 3 nitrogen and oxygen atoms in total. The molecule has 0 bridgehead atoms. The molecule has 0 unspecified atom stereocenters. The number of terminal acetylenes is 3. The van der Waals surface area contributed by atoms with Gasteiger partial charge in [-0.3, -0.25) is 0 Å². The fourth-order valence-corrected chi connectivity index (χ4v) is 1.69. The van der Waals surface area contributed by atoms with Gasteiger partial charge in [0, 0.05) is 0 Å². The van der Waals surface area contributed by atoms with Crippen molar-refractivity contribution in [2.45, 2.75) is 0 Å². The summed E-state index contributed by atoms with van der Waals surface area (Å²) in [6, 6.07) is 0. The van der Waals surface area contributed by atoms with Crippen LogP contribution in [0.5, 0.6) is 17.2 Å². The lowest BCUT2D eigenvalue weighted by Gasteiger charge is -2.17. The van der Waals surface area contributed by atoms with Gasteiger partial charge < -0.3 is 14.2 Å². The number of benzene rings is 1. The minimum atomic E-state index is 0.340. The maximum atomic E-state index is 5.45. The van der Waals surface area contributed by atoms with Crippen LogP contribution in [0.25, 0.3) is 0 Å². The van der Waals surface area contributed by atoms with Crippen molar-refractivity contribution in [1.82, 2.24) is 0 Å². The smallest absolute Gasteiger partial charge is 0.157 e. The highest BCUT2D eigenvalue weighted by Crippen LogP contribution is 2.42. The average Bonchev–Trinajstić information content (AvgIpc) is 2.43. The predicted octanol–water partition coefficient (Wildman–Crippen LogP) is 1.66. The van der Waals surface area contributed by atoms with E-state index in [1.165, 1.54) is 21.3 Å². The van der Waals surface area contributed by atoms with Gasteiger partial charge in [-0.25, -0.2) is 0 Å². The standard InChI is InChI=1S/C15H12O3/c1-7-10-13(16-4)11(8-2)15(18-6)12(9-3)14(10)17-5/h1-3H,4-6H3. The molecule has 90 valence electrons. The van der Waals surface area contributed by atoms with E-state index in [1.807, 2.05) is 0 Å². The Labute approximate surface area is 107 Å². The molecule has 0 saturated carbocycles. The summed E-state index contributed by atoms with van der Waals surface area (Å²) < 4.78 is 15.7. The molecule has 0 aliphatic rings. The van der Waals surface area contributed by atoms with E-state index in [1.54, 1.807) is 0 Å². The zero-order chi connectivity index (χ0) is 13.7. The first-order valence-electron chi connectivity index (χ1n) is 4.95. The summed E-state index contributed by atoms with van der Waals surface area (Å²) in [6.45, 7) is 0. The number of ether oxygens (including phenoxy) is 3. The minimum absolute atomic E-state index is 0.340. The van der Waals surface area contributed by atoms with Gasteiger partial charge in [-0.15, -0.1) is 19.3 Å². The number of hydrogen-bond acceptors (Lipinski definition) is 3. The SMILES string of the molecule is C#Cc1c(OC)c(C#C)c(OC)c(C#C)c1OC. The molecule has 1 aromatic rings. The third-order valence-electron chi connectivity index (χ3n) is 2.41. The van der Waals surface area contributed by atoms with Crippen LogP contribution in [0.2, 0.25) is 0 Å². The molecular weight excluding hydrogens is 228 g/mol. The average molecular weight is 240 g/mol. The summed E-state index contributed by atoms with van der Waals surface area (Å²) in [6.07, 6.45) is 16.4. The Hall–Kier alpha value is -2.70. The first kappa shape index (κ1) is 13.4. The van der Waals surface area contributed by atoms with Crippen molar-refractivity contribution in [2.75, 3.05) is 21.3 Å². The maximum Gasteiger partial charge on any atom is 0.157 e. The lowest BCUT2D eigenvalue weighted by Crippen LogP contribution is -2.03. The number of rotatable bonds is 3. The zero-order valence-corrected chi connectivity index (χ0v) is 10.5. The van der Waals surface area contributed by atoms with Gasteiger partial charge in [0.1, 0.15) is 16.7 Å². The van der Waals surface area contributed by atoms with Crippen molar-refractivity contribution in [3.8, 4) is 54.3 Å². The summed E-state index contributed by atoms with van der Waals surface area (Å²) in [5.74, 6) is 8.43. The lowest BCUT2D eigenvalue weighted by molar-refractivity contribution is 0.370. The first-order valence-corrected chi connectivity index (χ1v) is 4.95. The third kappa shape index (κ3) is 1.81. The van der Waals surface area contributed by atoms with Crippen molar-refractivity contribution in [1.29, 1.82) is 0 Å². The van der Waals surface area contributed by atoms with Crippen LogP contribution in [0, 0.1) is 37.0 Å². The van der Waals surface area contributed by atoms with Gasteiger partial charge >= 0.3 is 0 Å². The molecule has 1 aromatic carbocycles. The van der Waals surface area contributed by atoms with Crippen LogP contribution in [0.1, 0.15) is 16.7 Å². The minimum Gasteiger partial charge on any atom is -0.494 e.